The summed E-state index contributed by atoms with van der Waals surface area (Å²) in [6.45, 7) is 14.5. The van der Waals surface area contributed by atoms with Crippen LogP contribution in [0.5, 0.6) is 0 Å². The number of allylic oxidation sites excluding steroid dienone is 2. The molecule has 0 aliphatic carbocycles. The number of nitrogens with zero attached hydrogens (tertiary/aromatic N) is 2. The molecule has 4 fully saturated rings. The van der Waals surface area contributed by atoms with E-state index in [1.165, 1.54) is 23.0 Å². The molecule has 1 aromatic rings. The van der Waals surface area contributed by atoms with Crippen molar-refractivity contribution in [2.75, 3.05) is 38.1 Å². The maximum absolute atomic E-state index is 14.0. The summed E-state index contributed by atoms with van der Waals surface area (Å²) in [5, 5.41) is 16.7. The molecule has 4 aliphatic heterocycles. The summed E-state index contributed by atoms with van der Waals surface area (Å²) in [6.07, 6.45) is 14.0. The average Bonchev–Trinajstić information content (AvgIpc) is 4.17. The number of anilines is 1. The van der Waals surface area contributed by atoms with Gasteiger partial charge in [0.1, 0.15) is 24.8 Å². The van der Waals surface area contributed by atoms with Crippen LogP contribution in [-0.2, 0) is 59.1 Å². The lowest BCUT2D eigenvalue weighted by atomic mass is 9.88. The molecule has 9 N–H and O–H groups in total. The van der Waals surface area contributed by atoms with Crippen molar-refractivity contribution in [2.45, 2.75) is 193 Å². The number of amides is 8. The number of unbranched alkanes of at least 4 members (excludes halogenated alkanes) is 2. The molecule has 4 aliphatic rings. The molecule has 1 unspecified atom stereocenters. The molecule has 4 saturated heterocycles. The van der Waals surface area contributed by atoms with Crippen LogP contribution < -0.4 is 38.1 Å². The van der Waals surface area contributed by atoms with Gasteiger partial charge >= 0.3 is 18.1 Å². The number of hydrogen-bond donors (Lipinski definition) is 7. The zero-order chi connectivity index (χ0) is 57.6. The van der Waals surface area contributed by atoms with Crippen LogP contribution in [0.15, 0.2) is 60.2 Å². The third kappa shape index (κ3) is 21.7. The third-order valence-electron chi connectivity index (χ3n) is 14.5. The molecule has 79 heavy (non-hydrogen) atoms. The number of hydrazine groups is 1. The Hall–Kier alpha value is -6.36. The van der Waals surface area contributed by atoms with Crippen molar-refractivity contribution in [3.63, 3.8) is 0 Å². The second kappa shape index (κ2) is 31.4. The summed E-state index contributed by atoms with van der Waals surface area (Å²) in [6, 6.07) is 3.87. The Balaban J connectivity index is 1.10. The number of carbonyl (C=O) groups excluding carboxylic acids is 8. The number of nitrogens with one attached hydrogen (secondary N) is 5. The lowest BCUT2D eigenvalue weighted by Crippen LogP contribution is -2.54. The van der Waals surface area contributed by atoms with Crippen molar-refractivity contribution in [3.05, 3.63) is 65.8 Å². The van der Waals surface area contributed by atoms with E-state index in [1.54, 1.807) is 51.1 Å². The Kier molecular flexibility index (Phi) is 25.3. The van der Waals surface area contributed by atoms with Gasteiger partial charge in [0.15, 0.2) is 0 Å². The maximum atomic E-state index is 14.0. The number of benzene rings is 1. The van der Waals surface area contributed by atoms with Gasteiger partial charge in [-0.15, -0.1) is 0 Å². The van der Waals surface area contributed by atoms with E-state index < -0.39 is 54.2 Å². The van der Waals surface area contributed by atoms with Gasteiger partial charge in [0.05, 0.1) is 49.1 Å². The first-order chi connectivity index (χ1) is 37.6. The molecule has 438 valence electrons. The number of primary amides is 1. The fourth-order valence-electron chi connectivity index (χ4n) is 9.96. The Morgan fingerprint density at radius 1 is 0.886 bits per heavy atom. The molecule has 0 aromatic heterocycles. The first-order valence-electron chi connectivity index (χ1n) is 28.1. The summed E-state index contributed by atoms with van der Waals surface area (Å²) in [5.74, 6) is -2.33. The minimum atomic E-state index is -1.02. The number of rotatable bonds is 27. The standard InChI is InChI=1S/C57H87N9O13/c1-36(2)52(64-49(68)15-9-8-10-26-58)54(72)63-46(14-13-27-60-55(59)73)53(71)61-43-21-19-42(20-22-43)34-75-56(74)66-29-12-11-28-65(66)51(70)31-45-33-57(35-76-57)32-44(79-45)23-16-37(3)17-24-48-38(4)30-47(40(6)78-48)62-50(69)25-18-39(5)77-41(7)67/h16-23,25,36,38-40,44-48,52H,8-15,24,26-35,58H2,1-7H3,(H,61,71)(H,62,69)(H,63,72)(H,64,68)(H3,59,60,73)/b23-16+,25-18-,37-17+/t38-,39-,40+,44?,45+,46-,47+,48-,52-,57+/m0/s1. The molecule has 22 heteroatoms. The first-order valence-corrected chi connectivity index (χ1v) is 28.1. The normalized spacial score (nSPS) is 24.3. The molecule has 10 atom stereocenters. The Bertz CT molecular complexity index is 2320. The number of hydrogen-bond acceptors (Lipinski definition) is 14. The van der Waals surface area contributed by atoms with E-state index in [2.05, 4.69) is 39.6 Å². The van der Waals surface area contributed by atoms with E-state index in [1.807, 2.05) is 26.0 Å². The van der Waals surface area contributed by atoms with E-state index in [9.17, 15) is 38.4 Å². The van der Waals surface area contributed by atoms with Crippen LogP contribution in [0, 0.1) is 11.8 Å². The largest absolute Gasteiger partial charge is 0.459 e. The maximum Gasteiger partial charge on any atom is 0.429 e. The number of carbonyl (C=O) groups is 8. The summed E-state index contributed by atoms with van der Waals surface area (Å²) in [4.78, 5) is 102. The smallest absolute Gasteiger partial charge is 0.429 e. The number of ether oxygens (including phenoxy) is 5. The topological polar surface area (TPSA) is 305 Å². The van der Waals surface area contributed by atoms with Crippen LogP contribution in [0.4, 0.5) is 15.3 Å². The van der Waals surface area contributed by atoms with Crippen LogP contribution in [-0.4, -0.2) is 145 Å². The van der Waals surface area contributed by atoms with Crippen LogP contribution in [0.1, 0.15) is 138 Å². The van der Waals surface area contributed by atoms with Crippen LogP contribution >= 0.6 is 0 Å². The van der Waals surface area contributed by atoms with Crippen molar-refractivity contribution in [1.29, 1.82) is 0 Å². The summed E-state index contributed by atoms with van der Waals surface area (Å²) in [5.41, 5.74) is 12.5. The number of epoxide rings is 1. The zero-order valence-corrected chi connectivity index (χ0v) is 47.3. The minimum Gasteiger partial charge on any atom is -0.459 e. The second-order valence-electron chi connectivity index (χ2n) is 21.8. The highest BCUT2D eigenvalue weighted by atomic mass is 16.6. The van der Waals surface area contributed by atoms with E-state index in [4.69, 9.17) is 35.2 Å². The van der Waals surface area contributed by atoms with Gasteiger partial charge in [-0.3, -0.25) is 28.8 Å². The van der Waals surface area contributed by atoms with Crippen molar-refractivity contribution in [3.8, 4) is 0 Å². The van der Waals surface area contributed by atoms with Gasteiger partial charge in [-0.2, -0.15) is 0 Å². The summed E-state index contributed by atoms with van der Waals surface area (Å²) >= 11 is 0. The van der Waals surface area contributed by atoms with Crippen molar-refractivity contribution >= 4 is 53.3 Å². The van der Waals surface area contributed by atoms with E-state index in [0.29, 0.717) is 76.0 Å². The lowest BCUT2D eigenvalue weighted by molar-refractivity contribution is -0.155. The number of nitrogens with two attached hydrogens (primary N) is 2. The van der Waals surface area contributed by atoms with Gasteiger partial charge in [0.2, 0.25) is 29.5 Å². The SMILES string of the molecule is CC(=O)O[C@@H](C)/C=C\C(=O)N[C@@H]1C[C@H](C)[C@H](C/C=C(C)/C=C/C2C[C@]3(CO3)C[C@@H](CC(=O)N3CCCCN3C(=O)OCc3ccc(NC(=O)[C@H](CCCNC(N)=O)NC(=O)[C@@H](NC(=O)CCCCCN)C(C)C)cc3)O2)O[C@@H]1C. The van der Waals surface area contributed by atoms with Gasteiger partial charge in [0, 0.05) is 57.6 Å². The molecule has 0 bridgehead atoms. The molecule has 5 rings (SSSR count). The van der Waals surface area contributed by atoms with Crippen LogP contribution in [0.25, 0.3) is 0 Å². The predicted octanol–water partition coefficient (Wildman–Crippen LogP) is 5.10. The van der Waals surface area contributed by atoms with E-state index in [-0.39, 0.29) is 91.9 Å². The lowest BCUT2D eigenvalue weighted by Gasteiger charge is -2.39. The molecule has 1 spiro atoms. The van der Waals surface area contributed by atoms with Crippen LogP contribution in [0.2, 0.25) is 0 Å². The van der Waals surface area contributed by atoms with Gasteiger partial charge in [0.25, 0.3) is 0 Å². The van der Waals surface area contributed by atoms with Crippen LogP contribution in [0.3, 0.4) is 0 Å². The van der Waals surface area contributed by atoms with Gasteiger partial charge in [-0.25, -0.2) is 19.6 Å². The molecular formula is C57H87N9O13. The highest BCUT2D eigenvalue weighted by Crippen LogP contribution is 2.43. The monoisotopic (exact) mass is 1110 g/mol. The van der Waals surface area contributed by atoms with Crippen molar-refractivity contribution < 1.29 is 62.0 Å². The van der Waals surface area contributed by atoms with Gasteiger partial charge < -0.3 is 61.7 Å². The zero-order valence-electron chi connectivity index (χ0n) is 47.3. The molecule has 1 aromatic carbocycles. The van der Waals surface area contributed by atoms with Crippen molar-refractivity contribution in [1.82, 2.24) is 31.3 Å². The number of urea groups is 1. The summed E-state index contributed by atoms with van der Waals surface area (Å²) in [7, 11) is 0. The molecular weight excluding hydrogens is 1020 g/mol. The quantitative estimate of drug-likeness (QED) is 0.0198. The molecule has 0 saturated carbocycles. The Morgan fingerprint density at radius 3 is 2.28 bits per heavy atom. The molecule has 0 radical (unpaired) electrons. The molecule has 8 amide bonds. The van der Waals surface area contributed by atoms with Crippen molar-refractivity contribution in [2.24, 2.45) is 23.3 Å². The van der Waals surface area contributed by atoms with Gasteiger partial charge in [-0.05, 0) is 114 Å². The molecule has 4 heterocycles. The second-order valence-corrected chi connectivity index (χ2v) is 21.8. The minimum absolute atomic E-state index is 0.0362. The van der Waals surface area contributed by atoms with Gasteiger partial charge in [-0.1, -0.05) is 63.1 Å². The predicted molar refractivity (Wildman–Crippen MR) is 295 cm³/mol. The fraction of sp³-hybridized carbons (Fsp3) is 0.649. The number of esters is 1. The average molecular weight is 1110 g/mol. The highest BCUT2D eigenvalue weighted by Gasteiger charge is 2.52. The summed E-state index contributed by atoms with van der Waals surface area (Å²) < 4.78 is 29.6. The third-order valence-corrected chi connectivity index (χ3v) is 14.5. The molecule has 22 nitrogen and oxygen atoms in total. The van der Waals surface area contributed by atoms with E-state index in [0.717, 1.165) is 31.3 Å². The fourth-order valence-corrected chi connectivity index (χ4v) is 9.96. The highest BCUT2D eigenvalue weighted by molar-refractivity contribution is 5.98. The Morgan fingerprint density at radius 2 is 1.61 bits per heavy atom. The Labute approximate surface area is 465 Å². The van der Waals surface area contributed by atoms with E-state index >= 15 is 0 Å². The first kappa shape index (κ1) is 63.5.